The van der Waals surface area contributed by atoms with Gasteiger partial charge in [-0.2, -0.15) is 0 Å². The van der Waals surface area contributed by atoms with Crippen LogP contribution in [0, 0.1) is 0 Å². The Morgan fingerprint density at radius 2 is 1.46 bits per heavy atom. The number of pyridine rings is 1. The first kappa shape index (κ1) is 20.3. The summed E-state index contributed by atoms with van der Waals surface area (Å²) in [5, 5.41) is 3.35. The second kappa shape index (κ2) is 8.58. The van der Waals surface area contributed by atoms with E-state index in [9.17, 15) is 0 Å². The van der Waals surface area contributed by atoms with Gasteiger partial charge in [0.1, 0.15) is 11.4 Å². The number of benzene rings is 1. The Kier molecular flexibility index (Phi) is 6.70. The standard InChI is InChI=1S/C21H32N2O2Si/c1-15(2)26(16(3)4,17(5)6)25-19-12-10-18(11-13-19)23-20-9-8-14-22-21(20)24-7/h8-17,23H,1-7H3. The predicted molar refractivity (Wildman–Crippen MR) is 112 cm³/mol. The van der Waals surface area contributed by atoms with E-state index >= 15 is 0 Å². The highest BCUT2D eigenvalue weighted by atomic mass is 28.4. The van der Waals surface area contributed by atoms with Gasteiger partial charge in [-0.05, 0) is 53.0 Å². The van der Waals surface area contributed by atoms with Crippen LogP contribution in [0.1, 0.15) is 41.5 Å². The summed E-state index contributed by atoms with van der Waals surface area (Å²) in [4.78, 5) is 4.21. The summed E-state index contributed by atoms with van der Waals surface area (Å²) in [7, 11) is -0.302. The van der Waals surface area contributed by atoms with Crippen LogP contribution in [0.4, 0.5) is 11.4 Å². The van der Waals surface area contributed by atoms with E-state index in [0.29, 0.717) is 22.5 Å². The summed E-state index contributed by atoms with van der Waals surface area (Å²) in [6, 6.07) is 12.0. The van der Waals surface area contributed by atoms with Gasteiger partial charge in [0.2, 0.25) is 5.88 Å². The SMILES string of the molecule is COc1ncccc1Nc1ccc(O[Si](C(C)C)(C(C)C)C(C)C)cc1. The van der Waals surface area contributed by atoms with Crippen molar-refractivity contribution in [1.82, 2.24) is 4.98 Å². The fourth-order valence-electron chi connectivity index (χ4n) is 3.97. The van der Waals surface area contributed by atoms with Crippen molar-refractivity contribution in [3.63, 3.8) is 0 Å². The van der Waals surface area contributed by atoms with E-state index in [1.807, 2.05) is 24.3 Å². The third kappa shape index (κ3) is 4.21. The van der Waals surface area contributed by atoms with Crippen LogP contribution in [0.15, 0.2) is 42.6 Å². The normalized spacial score (nSPS) is 11.9. The molecule has 1 heterocycles. The lowest BCUT2D eigenvalue weighted by Gasteiger charge is -2.42. The van der Waals surface area contributed by atoms with Crippen LogP contribution < -0.4 is 14.5 Å². The van der Waals surface area contributed by atoms with Gasteiger partial charge >= 0.3 is 0 Å². The molecule has 0 radical (unpaired) electrons. The molecule has 0 atom stereocenters. The van der Waals surface area contributed by atoms with E-state index in [4.69, 9.17) is 9.16 Å². The third-order valence-electron chi connectivity index (χ3n) is 5.10. The number of rotatable bonds is 8. The number of anilines is 2. The van der Waals surface area contributed by atoms with Gasteiger partial charge in [0.25, 0.3) is 8.32 Å². The van der Waals surface area contributed by atoms with Gasteiger partial charge in [-0.1, -0.05) is 41.5 Å². The molecule has 1 N–H and O–H groups in total. The fourth-order valence-corrected chi connectivity index (χ4v) is 9.22. The predicted octanol–water partition coefficient (Wildman–Crippen LogP) is 6.39. The lowest BCUT2D eigenvalue weighted by atomic mass is 10.3. The number of hydrogen-bond acceptors (Lipinski definition) is 4. The van der Waals surface area contributed by atoms with Crippen LogP contribution in [-0.4, -0.2) is 20.4 Å². The second-order valence-electron chi connectivity index (χ2n) is 7.63. The molecule has 0 saturated carbocycles. The van der Waals surface area contributed by atoms with Gasteiger partial charge in [-0.15, -0.1) is 0 Å². The maximum absolute atomic E-state index is 6.71. The quantitative estimate of drug-likeness (QED) is 0.545. The molecule has 0 fully saturated rings. The summed E-state index contributed by atoms with van der Waals surface area (Å²) in [6.45, 7) is 13.8. The molecule has 2 aromatic rings. The molecule has 0 aliphatic carbocycles. The zero-order valence-corrected chi connectivity index (χ0v) is 18.0. The van der Waals surface area contributed by atoms with Crippen molar-refractivity contribution in [1.29, 1.82) is 0 Å². The van der Waals surface area contributed by atoms with E-state index in [1.165, 1.54) is 0 Å². The van der Waals surface area contributed by atoms with Crippen molar-refractivity contribution in [3.05, 3.63) is 42.6 Å². The molecule has 0 saturated heterocycles. The summed E-state index contributed by atoms with van der Waals surface area (Å²) >= 11 is 0. The second-order valence-corrected chi connectivity index (χ2v) is 13.0. The molecule has 1 aromatic heterocycles. The van der Waals surface area contributed by atoms with Crippen molar-refractivity contribution in [2.24, 2.45) is 0 Å². The maximum atomic E-state index is 6.71. The highest BCUT2D eigenvalue weighted by molar-refractivity contribution is 6.78. The van der Waals surface area contributed by atoms with E-state index in [2.05, 4.69) is 64.0 Å². The number of nitrogens with one attached hydrogen (secondary N) is 1. The fraction of sp³-hybridized carbons (Fsp3) is 0.476. The molecule has 0 aliphatic heterocycles. The third-order valence-corrected chi connectivity index (χ3v) is 11.1. The van der Waals surface area contributed by atoms with Crippen molar-refractivity contribution in [3.8, 4) is 11.6 Å². The zero-order valence-electron chi connectivity index (χ0n) is 17.0. The highest BCUT2D eigenvalue weighted by Crippen LogP contribution is 2.42. The van der Waals surface area contributed by atoms with Crippen molar-refractivity contribution in [2.75, 3.05) is 12.4 Å². The van der Waals surface area contributed by atoms with E-state index < -0.39 is 8.32 Å². The Balaban J connectivity index is 2.21. The van der Waals surface area contributed by atoms with Gasteiger partial charge in [0.05, 0.1) is 7.11 Å². The molecular weight excluding hydrogens is 340 g/mol. The first-order chi connectivity index (χ1) is 12.3. The van der Waals surface area contributed by atoms with E-state index in [1.54, 1.807) is 13.3 Å². The highest BCUT2D eigenvalue weighted by Gasteiger charge is 2.46. The molecule has 2 rings (SSSR count). The van der Waals surface area contributed by atoms with Crippen LogP contribution >= 0.6 is 0 Å². The Hall–Kier alpha value is -2.01. The Morgan fingerprint density at radius 1 is 0.885 bits per heavy atom. The van der Waals surface area contributed by atoms with Gasteiger partial charge < -0.3 is 14.5 Å². The number of methoxy groups -OCH3 is 1. The lowest BCUT2D eigenvalue weighted by molar-refractivity contribution is 0.400. The zero-order chi connectivity index (χ0) is 19.3. The van der Waals surface area contributed by atoms with Gasteiger partial charge in [-0.3, -0.25) is 0 Å². The molecule has 5 heteroatoms. The van der Waals surface area contributed by atoms with Crippen LogP contribution in [0.5, 0.6) is 11.6 Å². The van der Waals surface area contributed by atoms with Crippen molar-refractivity contribution in [2.45, 2.75) is 58.2 Å². The Labute approximate surface area is 159 Å². The van der Waals surface area contributed by atoms with E-state index in [-0.39, 0.29) is 0 Å². The Bertz CT molecular complexity index is 678. The maximum Gasteiger partial charge on any atom is 0.258 e. The summed E-state index contributed by atoms with van der Waals surface area (Å²) in [6.07, 6.45) is 1.72. The smallest absolute Gasteiger partial charge is 0.258 e. The van der Waals surface area contributed by atoms with Crippen LogP contribution in [0.2, 0.25) is 16.6 Å². The van der Waals surface area contributed by atoms with Gasteiger partial charge in [0.15, 0.2) is 0 Å². The lowest BCUT2D eigenvalue weighted by Crippen LogP contribution is -2.50. The van der Waals surface area contributed by atoms with Gasteiger partial charge in [-0.25, -0.2) is 4.98 Å². The number of ether oxygens (including phenoxy) is 1. The molecule has 0 unspecified atom stereocenters. The van der Waals surface area contributed by atoms with Crippen LogP contribution in [0.25, 0.3) is 0 Å². The average Bonchev–Trinajstić information content (AvgIpc) is 2.60. The van der Waals surface area contributed by atoms with Crippen LogP contribution in [-0.2, 0) is 0 Å². The van der Waals surface area contributed by atoms with E-state index in [0.717, 1.165) is 17.1 Å². The summed E-state index contributed by atoms with van der Waals surface area (Å²) in [5.74, 6) is 1.54. The number of hydrogen-bond donors (Lipinski definition) is 1. The molecule has 4 nitrogen and oxygen atoms in total. The summed E-state index contributed by atoms with van der Waals surface area (Å²) < 4.78 is 12.0. The minimum absolute atomic E-state index is 0.556. The topological polar surface area (TPSA) is 43.4 Å². The monoisotopic (exact) mass is 372 g/mol. The Morgan fingerprint density at radius 3 is 1.96 bits per heavy atom. The molecule has 142 valence electrons. The van der Waals surface area contributed by atoms with Crippen molar-refractivity contribution >= 4 is 19.7 Å². The minimum Gasteiger partial charge on any atom is -0.543 e. The molecule has 0 spiro atoms. The summed E-state index contributed by atoms with van der Waals surface area (Å²) in [5.41, 5.74) is 3.49. The largest absolute Gasteiger partial charge is 0.543 e. The molecule has 0 aliphatic rings. The number of nitrogens with zero attached hydrogens (tertiary/aromatic N) is 1. The first-order valence-corrected chi connectivity index (χ1v) is 11.5. The first-order valence-electron chi connectivity index (χ1n) is 9.36. The van der Waals surface area contributed by atoms with Crippen LogP contribution in [0.3, 0.4) is 0 Å². The minimum atomic E-state index is -1.93. The molecule has 0 bridgehead atoms. The molecule has 26 heavy (non-hydrogen) atoms. The number of aromatic nitrogens is 1. The molecule has 0 amide bonds. The average molecular weight is 373 g/mol. The van der Waals surface area contributed by atoms with Crippen molar-refractivity contribution < 1.29 is 9.16 Å². The molecule has 1 aromatic carbocycles. The van der Waals surface area contributed by atoms with Gasteiger partial charge in [0, 0.05) is 11.9 Å². The molecular formula is C21H32N2O2Si.